The smallest absolute Gasteiger partial charge is 0.318 e. The summed E-state index contributed by atoms with van der Waals surface area (Å²) in [7, 11) is 0. The van der Waals surface area contributed by atoms with Crippen molar-refractivity contribution in [2.24, 2.45) is 23.7 Å². The summed E-state index contributed by atoms with van der Waals surface area (Å²) in [5.74, 6) is -12.5. The zero-order chi connectivity index (χ0) is 14.6. The van der Waals surface area contributed by atoms with Crippen molar-refractivity contribution in [1.29, 1.82) is 0 Å². The van der Waals surface area contributed by atoms with Gasteiger partial charge in [0.1, 0.15) is 0 Å². The van der Waals surface area contributed by atoms with Gasteiger partial charge in [0, 0.05) is 0 Å². The molecule has 8 nitrogen and oxygen atoms in total. The Morgan fingerprint density at radius 2 is 0.778 bits per heavy atom. The van der Waals surface area contributed by atoms with E-state index >= 15 is 0 Å². The summed E-state index contributed by atoms with van der Waals surface area (Å²) in [4.78, 5) is 43.1. The second-order valence-corrected chi connectivity index (χ2v) is 4.03. The maximum Gasteiger partial charge on any atom is 0.318 e. The first kappa shape index (κ1) is 15.9. The zero-order valence-corrected chi connectivity index (χ0v) is 9.73. The minimum Gasteiger partial charge on any atom is -0.481 e. The summed E-state index contributed by atoms with van der Waals surface area (Å²) >= 11 is 0. The van der Waals surface area contributed by atoms with Gasteiger partial charge in [-0.05, 0) is 11.8 Å². The van der Waals surface area contributed by atoms with E-state index < -0.39 is 47.5 Å². The molecule has 8 heteroatoms. The van der Waals surface area contributed by atoms with Crippen LogP contribution in [0.3, 0.4) is 0 Å². The molecule has 2 unspecified atom stereocenters. The Hall–Kier alpha value is -2.12. The van der Waals surface area contributed by atoms with E-state index in [1.54, 1.807) is 0 Å². The Morgan fingerprint density at radius 3 is 0.889 bits per heavy atom. The van der Waals surface area contributed by atoms with Gasteiger partial charge in [0.2, 0.25) is 0 Å². The molecule has 0 aromatic rings. The van der Waals surface area contributed by atoms with Crippen LogP contribution in [-0.4, -0.2) is 44.3 Å². The summed E-state index contributed by atoms with van der Waals surface area (Å²) in [5.41, 5.74) is 0. The van der Waals surface area contributed by atoms with Gasteiger partial charge < -0.3 is 20.4 Å². The lowest BCUT2D eigenvalue weighted by atomic mass is 9.77. The van der Waals surface area contributed by atoms with Crippen molar-refractivity contribution >= 4 is 23.9 Å². The molecule has 0 aliphatic carbocycles. The summed E-state index contributed by atoms with van der Waals surface area (Å²) in [6.45, 7) is 2.41. The number of rotatable bonds is 7. The fourth-order valence-corrected chi connectivity index (χ4v) is 1.72. The Morgan fingerprint density at radius 1 is 0.611 bits per heavy atom. The molecule has 0 spiro atoms. The van der Waals surface area contributed by atoms with Crippen molar-refractivity contribution in [2.75, 3.05) is 0 Å². The number of carbonyl (C=O) groups is 4. The average Bonchev–Trinajstić information content (AvgIpc) is 2.14. The highest BCUT2D eigenvalue weighted by Gasteiger charge is 2.42. The van der Waals surface area contributed by atoms with Gasteiger partial charge in [0.25, 0.3) is 0 Å². The van der Waals surface area contributed by atoms with E-state index in [2.05, 4.69) is 0 Å². The minimum atomic E-state index is -1.85. The Labute approximate surface area is 102 Å². The van der Waals surface area contributed by atoms with Gasteiger partial charge in [0.05, 0.1) is 0 Å². The van der Waals surface area contributed by atoms with E-state index in [1.165, 1.54) is 13.8 Å². The molecule has 0 heterocycles. The summed E-state index contributed by atoms with van der Waals surface area (Å²) in [6.07, 6.45) is 0. The summed E-state index contributed by atoms with van der Waals surface area (Å²) in [5, 5.41) is 35.0. The highest BCUT2D eigenvalue weighted by molar-refractivity contribution is 5.95. The fraction of sp³-hybridized carbons (Fsp3) is 0.600. The molecule has 0 aliphatic heterocycles. The second kappa shape index (κ2) is 5.99. The zero-order valence-electron chi connectivity index (χ0n) is 9.73. The van der Waals surface area contributed by atoms with E-state index in [-0.39, 0.29) is 0 Å². The van der Waals surface area contributed by atoms with E-state index in [4.69, 9.17) is 20.4 Å². The summed E-state index contributed by atoms with van der Waals surface area (Å²) < 4.78 is 0. The van der Waals surface area contributed by atoms with Gasteiger partial charge in [-0.2, -0.15) is 0 Å². The molecule has 0 aromatic heterocycles. The number of carboxylic acid groups (broad SMARTS) is 4. The van der Waals surface area contributed by atoms with Gasteiger partial charge in [0.15, 0.2) is 11.8 Å². The predicted octanol–water partition coefficient (Wildman–Crippen LogP) is -0.171. The fourth-order valence-electron chi connectivity index (χ4n) is 1.72. The van der Waals surface area contributed by atoms with Crippen LogP contribution in [0.2, 0.25) is 0 Å². The first-order valence-corrected chi connectivity index (χ1v) is 5.02. The third kappa shape index (κ3) is 3.44. The van der Waals surface area contributed by atoms with Crippen molar-refractivity contribution in [3.05, 3.63) is 0 Å². The van der Waals surface area contributed by atoms with E-state index in [0.29, 0.717) is 0 Å². The van der Waals surface area contributed by atoms with Crippen molar-refractivity contribution in [3.63, 3.8) is 0 Å². The Bertz CT molecular complexity index is 310. The molecule has 0 rings (SSSR count). The molecule has 0 saturated heterocycles. The molecular formula is C10H14O8. The molecule has 102 valence electrons. The van der Waals surface area contributed by atoms with Crippen LogP contribution in [0.1, 0.15) is 13.8 Å². The normalized spacial score (nSPS) is 14.2. The number of hydrogen-bond acceptors (Lipinski definition) is 4. The lowest BCUT2D eigenvalue weighted by molar-refractivity contribution is -0.165. The molecule has 18 heavy (non-hydrogen) atoms. The maximum atomic E-state index is 10.8. The molecule has 0 radical (unpaired) electrons. The van der Waals surface area contributed by atoms with Crippen molar-refractivity contribution in [2.45, 2.75) is 13.8 Å². The molecule has 0 bridgehead atoms. The molecule has 2 atom stereocenters. The highest BCUT2D eigenvalue weighted by Crippen LogP contribution is 2.28. The molecule has 4 N–H and O–H groups in total. The lowest BCUT2D eigenvalue weighted by Gasteiger charge is -2.25. The van der Waals surface area contributed by atoms with E-state index in [9.17, 15) is 19.2 Å². The largest absolute Gasteiger partial charge is 0.481 e. The molecule has 0 aromatic carbocycles. The molecule has 0 fully saturated rings. The highest BCUT2D eigenvalue weighted by atomic mass is 16.4. The van der Waals surface area contributed by atoms with Gasteiger partial charge in [-0.25, -0.2) is 0 Å². The average molecular weight is 262 g/mol. The van der Waals surface area contributed by atoms with Crippen LogP contribution in [0, 0.1) is 23.7 Å². The van der Waals surface area contributed by atoms with Gasteiger partial charge in [-0.3, -0.25) is 19.2 Å². The molecular weight excluding hydrogens is 248 g/mol. The van der Waals surface area contributed by atoms with Crippen LogP contribution in [0.25, 0.3) is 0 Å². The second-order valence-electron chi connectivity index (χ2n) is 4.03. The topological polar surface area (TPSA) is 149 Å². The Balaban J connectivity index is 5.22. The van der Waals surface area contributed by atoms with Crippen LogP contribution in [-0.2, 0) is 19.2 Å². The third-order valence-corrected chi connectivity index (χ3v) is 2.95. The van der Waals surface area contributed by atoms with Crippen LogP contribution < -0.4 is 0 Å². The van der Waals surface area contributed by atoms with Gasteiger partial charge in [-0.1, -0.05) is 13.8 Å². The van der Waals surface area contributed by atoms with E-state index in [0.717, 1.165) is 0 Å². The minimum absolute atomic E-state index is 1.14. The first-order chi connectivity index (χ1) is 8.11. The van der Waals surface area contributed by atoms with Crippen molar-refractivity contribution in [3.8, 4) is 0 Å². The number of hydrogen-bond donors (Lipinski definition) is 4. The number of carboxylic acids is 4. The maximum absolute atomic E-state index is 10.8. The first-order valence-electron chi connectivity index (χ1n) is 5.02. The predicted molar refractivity (Wildman–Crippen MR) is 55.9 cm³/mol. The van der Waals surface area contributed by atoms with Crippen LogP contribution in [0.5, 0.6) is 0 Å². The quantitative estimate of drug-likeness (QED) is 0.462. The Kier molecular flexibility index (Phi) is 5.28. The van der Waals surface area contributed by atoms with Crippen molar-refractivity contribution in [1.82, 2.24) is 0 Å². The number of aliphatic carboxylic acids is 4. The van der Waals surface area contributed by atoms with E-state index in [1.807, 2.05) is 0 Å². The van der Waals surface area contributed by atoms with Crippen LogP contribution in [0.4, 0.5) is 0 Å². The van der Waals surface area contributed by atoms with Gasteiger partial charge >= 0.3 is 23.9 Å². The standard InChI is InChI=1S/C10H14O8/c1-3(5(7(11)12)8(13)14)4(2)6(9(15)16)10(17)18/h3-6H,1-2H3,(H,11,12)(H,13,14)(H,15,16)(H,17,18). The molecule has 0 saturated carbocycles. The van der Waals surface area contributed by atoms with Crippen molar-refractivity contribution < 1.29 is 39.6 Å². The molecule has 0 amide bonds. The third-order valence-electron chi connectivity index (χ3n) is 2.95. The SMILES string of the molecule is CC(C(C(=O)O)C(=O)O)C(C)C(C(=O)O)C(=O)O. The van der Waals surface area contributed by atoms with Gasteiger partial charge in [-0.15, -0.1) is 0 Å². The van der Waals surface area contributed by atoms with Crippen LogP contribution in [0.15, 0.2) is 0 Å². The monoisotopic (exact) mass is 262 g/mol. The van der Waals surface area contributed by atoms with Crippen LogP contribution >= 0.6 is 0 Å². The lowest BCUT2D eigenvalue weighted by Crippen LogP contribution is -2.40. The molecule has 0 aliphatic rings. The summed E-state index contributed by atoms with van der Waals surface area (Å²) in [6, 6.07) is 0.